The molecule has 4 nitrogen and oxygen atoms in total. The molecule has 0 aliphatic carbocycles. The maximum Gasteiger partial charge on any atom is 0.193 e. The summed E-state index contributed by atoms with van der Waals surface area (Å²) >= 11 is 5.72. The van der Waals surface area contributed by atoms with Gasteiger partial charge in [-0.3, -0.25) is 0 Å². The van der Waals surface area contributed by atoms with Crippen LogP contribution in [-0.4, -0.2) is 18.3 Å². The molecule has 2 heterocycles. The van der Waals surface area contributed by atoms with Gasteiger partial charge in [-0.15, -0.1) is 0 Å². The molecule has 0 saturated carbocycles. The molecule has 2 aromatic rings. The average molecular weight is 295 g/mol. The van der Waals surface area contributed by atoms with Crippen molar-refractivity contribution in [2.75, 3.05) is 13.2 Å². The third kappa shape index (κ3) is 2.62. The number of hydrogen-bond acceptors (Lipinski definition) is 4. The molecule has 5 heteroatoms. The first-order valence-electron chi connectivity index (χ1n) is 6.46. The quantitative estimate of drug-likeness (QED) is 0.922. The van der Waals surface area contributed by atoms with Gasteiger partial charge in [-0.05, 0) is 41.4 Å². The number of benzene rings is 1. The standard InChI is InChI=1S/C15H15ClO4/c1-9-7-18-11-3-2-10(6-13(11)19-8-9)15(17)12-4-5-14(16)20-12/h2-6,9,15,17H,7-8H2,1H3. The van der Waals surface area contributed by atoms with Crippen LogP contribution in [0.15, 0.2) is 34.7 Å². The zero-order valence-electron chi connectivity index (χ0n) is 11.0. The Balaban J connectivity index is 1.88. The van der Waals surface area contributed by atoms with Crippen molar-refractivity contribution >= 4 is 11.6 Å². The monoisotopic (exact) mass is 294 g/mol. The Hall–Kier alpha value is -1.65. The number of aliphatic hydroxyl groups is 1. The number of fused-ring (bicyclic) bond motifs is 1. The molecule has 2 atom stereocenters. The van der Waals surface area contributed by atoms with Crippen LogP contribution >= 0.6 is 11.6 Å². The van der Waals surface area contributed by atoms with E-state index in [1.54, 1.807) is 30.3 Å². The molecular formula is C15H15ClO4. The van der Waals surface area contributed by atoms with E-state index >= 15 is 0 Å². The first kappa shape index (κ1) is 13.3. The van der Waals surface area contributed by atoms with E-state index < -0.39 is 6.10 Å². The molecule has 3 rings (SSSR count). The van der Waals surface area contributed by atoms with Gasteiger partial charge in [0.25, 0.3) is 0 Å². The summed E-state index contributed by atoms with van der Waals surface area (Å²) in [7, 11) is 0. The zero-order chi connectivity index (χ0) is 14.1. The second kappa shape index (κ2) is 5.38. The van der Waals surface area contributed by atoms with Crippen LogP contribution in [0, 0.1) is 5.92 Å². The van der Waals surface area contributed by atoms with Gasteiger partial charge in [0.2, 0.25) is 0 Å². The van der Waals surface area contributed by atoms with Crippen molar-refractivity contribution in [1.29, 1.82) is 0 Å². The summed E-state index contributed by atoms with van der Waals surface area (Å²) in [5, 5.41) is 10.5. The Bertz CT molecular complexity index is 608. The molecule has 20 heavy (non-hydrogen) atoms. The molecule has 0 spiro atoms. The number of hydrogen-bond donors (Lipinski definition) is 1. The maximum atomic E-state index is 10.3. The lowest BCUT2D eigenvalue weighted by atomic mass is 10.1. The molecule has 1 aliphatic rings. The summed E-state index contributed by atoms with van der Waals surface area (Å²) in [4.78, 5) is 0. The second-order valence-electron chi connectivity index (χ2n) is 4.98. The maximum absolute atomic E-state index is 10.3. The molecule has 0 amide bonds. The van der Waals surface area contributed by atoms with Crippen molar-refractivity contribution in [3.05, 3.63) is 46.9 Å². The van der Waals surface area contributed by atoms with Crippen LogP contribution in [-0.2, 0) is 0 Å². The van der Waals surface area contributed by atoms with Gasteiger partial charge in [0, 0.05) is 5.92 Å². The van der Waals surface area contributed by atoms with Crippen LogP contribution in [0.3, 0.4) is 0 Å². The van der Waals surface area contributed by atoms with Crippen LogP contribution in [0.2, 0.25) is 5.22 Å². The van der Waals surface area contributed by atoms with Crippen molar-refractivity contribution in [2.45, 2.75) is 13.0 Å². The molecule has 106 valence electrons. The Morgan fingerprint density at radius 1 is 1.15 bits per heavy atom. The summed E-state index contributed by atoms with van der Waals surface area (Å²) in [6.07, 6.45) is -0.878. The minimum absolute atomic E-state index is 0.252. The lowest BCUT2D eigenvalue weighted by Gasteiger charge is -2.12. The van der Waals surface area contributed by atoms with Crippen LogP contribution in [0.4, 0.5) is 0 Å². The van der Waals surface area contributed by atoms with Crippen molar-refractivity contribution in [3.63, 3.8) is 0 Å². The summed E-state index contributed by atoms with van der Waals surface area (Å²) in [5.41, 5.74) is 0.674. The van der Waals surface area contributed by atoms with Gasteiger partial charge in [0.1, 0.15) is 11.9 Å². The first-order chi connectivity index (χ1) is 9.63. The van der Waals surface area contributed by atoms with Crippen LogP contribution in [0.5, 0.6) is 11.5 Å². The van der Waals surface area contributed by atoms with E-state index in [1.165, 1.54) is 0 Å². The van der Waals surface area contributed by atoms with Crippen molar-refractivity contribution in [3.8, 4) is 11.5 Å². The van der Waals surface area contributed by atoms with E-state index in [0.717, 1.165) is 0 Å². The first-order valence-corrected chi connectivity index (χ1v) is 6.84. The molecule has 0 radical (unpaired) electrons. The fourth-order valence-electron chi connectivity index (χ4n) is 2.08. The predicted octanol–water partition coefficient (Wildman–Crippen LogP) is 3.42. The normalized spacial score (nSPS) is 19.4. The fraction of sp³-hybridized carbons (Fsp3) is 0.333. The number of aliphatic hydroxyl groups excluding tert-OH is 1. The number of furan rings is 1. The summed E-state index contributed by atoms with van der Waals surface area (Å²) in [6.45, 7) is 3.29. The molecular weight excluding hydrogens is 280 g/mol. The Labute approximate surface area is 121 Å². The number of halogens is 1. The summed E-state index contributed by atoms with van der Waals surface area (Å²) in [6, 6.07) is 8.62. The lowest BCUT2D eigenvalue weighted by molar-refractivity contribution is 0.188. The smallest absolute Gasteiger partial charge is 0.193 e. The highest BCUT2D eigenvalue weighted by molar-refractivity contribution is 6.28. The highest BCUT2D eigenvalue weighted by Gasteiger charge is 2.19. The lowest BCUT2D eigenvalue weighted by Crippen LogP contribution is -2.12. The van der Waals surface area contributed by atoms with Gasteiger partial charge in [0.05, 0.1) is 13.2 Å². The van der Waals surface area contributed by atoms with E-state index in [2.05, 4.69) is 6.92 Å². The zero-order valence-corrected chi connectivity index (χ0v) is 11.8. The van der Waals surface area contributed by atoms with E-state index in [1.807, 2.05) is 0 Å². The molecule has 0 fully saturated rings. The van der Waals surface area contributed by atoms with Gasteiger partial charge in [-0.2, -0.15) is 0 Å². The van der Waals surface area contributed by atoms with Crippen LogP contribution < -0.4 is 9.47 Å². The van der Waals surface area contributed by atoms with Crippen LogP contribution in [0.25, 0.3) is 0 Å². The minimum atomic E-state index is -0.878. The van der Waals surface area contributed by atoms with Gasteiger partial charge < -0.3 is 19.0 Å². The Morgan fingerprint density at radius 3 is 2.60 bits per heavy atom. The van der Waals surface area contributed by atoms with E-state index in [9.17, 15) is 5.11 Å². The molecule has 1 aromatic carbocycles. The van der Waals surface area contributed by atoms with E-state index in [-0.39, 0.29) is 5.22 Å². The van der Waals surface area contributed by atoms with Crippen molar-refractivity contribution in [1.82, 2.24) is 0 Å². The Morgan fingerprint density at radius 2 is 1.90 bits per heavy atom. The largest absolute Gasteiger partial charge is 0.489 e. The molecule has 1 aromatic heterocycles. The van der Waals surface area contributed by atoms with Crippen molar-refractivity contribution < 1.29 is 19.0 Å². The van der Waals surface area contributed by atoms with Gasteiger partial charge in [-0.25, -0.2) is 0 Å². The third-order valence-corrected chi connectivity index (χ3v) is 3.40. The third-order valence-electron chi connectivity index (χ3n) is 3.19. The molecule has 2 unspecified atom stereocenters. The van der Waals surface area contributed by atoms with Crippen LogP contribution in [0.1, 0.15) is 24.4 Å². The van der Waals surface area contributed by atoms with Gasteiger partial charge in [0.15, 0.2) is 16.7 Å². The summed E-state index contributed by atoms with van der Waals surface area (Å²) < 4.78 is 16.6. The minimum Gasteiger partial charge on any atom is -0.489 e. The molecule has 1 N–H and O–H groups in total. The topological polar surface area (TPSA) is 51.8 Å². The Kier molecular flexibility index (Phi) is 3.59. The van der Waals surface area contributed by atoms with Crippen molar-refractivity contribution in [2.24, 2.45) is 5.92 Å². The number of ether oxygens (including phenoxy) is 2. The van der Waals surface area contributed by atoms with E-state index in [4.69, 9.17) is 25.5 Å². The summed E-state index contributed by atoms with van der Waals surface area (Å²) in [5.74, 6) is 2.07. The average Bonchev–Trinajstić information content (AvgIpc) is 2.80. The van der Waals surface area contributed by atoms with Gasteiger partial charge in [-0.1, -0.05) is 13.0 Å². The molecule has 0 saturated heterocycles. The molecule has 0 bridgehead atoms. The van der Waals surface area contributed by atoms with Gasteiger partial charge >= 0.3 is 0 Å². The predicted molar refractivity (Wildman–Crippen MR) is 74.4 cm³/mol. The second-order valence-corrected chi connectivity index (χ2v) is 5.35. The molecule has 1 aliphatic heterocycles. The highest BCUT2D eigenvalue weighted by Crippen LogP contribution is 2.35. The SMILES string of the molecule is CC1COc2ccc(C(O)c3ccc(Cl)o3)cc2OC1. The number of rotatable bonds is 2. The fourth-order valence-corrected chi connectivity index (χ4v) is 2.23. The van der Waals surface area contributed by atoms with E-state index in [0.29, 0.717) is 42.0 Å². The highest BCUT2D eigenvalue weighted by atomic mass is 35.5.